The Morgan fingerprint density at radius 1 is 1.00 bits per heavy atom. The summed E-state index contributed by atoms with van der Waals surface area (Å²) in [5, 5.41) is 0. The average Bonchev–Trinajstić information content (AvgIpc) is 2.08. The zero-order chi connectivity index (χ0) is 6.91. The summed E-state index contributed by atoms with van der Waals surface area (Å²) in [6, 6.07) is 0. The molecule has 0 amide bonds. The minimum absolute atomic E-state index is 0.621. The van der Waals surface area contributed by atoms with Crippen LogP contribution in [0.3, 0.4) is 0 Å². The molecule has 1 aliphatic rings. The molecule has 0 unspecified atom stereocenters. The minimum atomic E-state index is -3.89. The molecule has 0 radical (unpaired) electrons. The molecule has 0 aromatic heterocycles. The van der Waals surface area contributed by atoms with Crippen molar-refractivity contribution in [3.05, 3.63) is 0 Å². The molecule has 9 heavy (non-hydrogen) atoms. The first-order valence-electron chi connectivity index (χ1n) is 3.03. The van der Waals surface area contributed by atoms with Crippen LogP contribution in [0.25, 0.3) is 0 Å². The van der Waals surface area contributed by atoms with E-state index in [0.29, 0.717) is 13.1 Å². The van der Waals surface area contributed by atoms with Crippen LogP contribution >= 0.6 is 8.09 Å². The summed E-state index contributed by atoms with van der Waals surface area (Å²) in [5.41, 5.74) is 0. The standard InChI is InChI=1S/C4H12NO3P/c6-9(7,8)5-3-1-2-4-5/h6-9H,1-4H2. The third-order valence-electron chi connectivity index (χ3n) is 1.53. The van der Waals surface area contributed by atoms with Crippen LogP contribution in [0.1, 0.15) is 12.8 Å². The summed E-state index contributed by atoms with van der Waals surface area (Å²) in [5.74, 6) is 0. The first kappa shape index (κ1) is 7.38. The monoisotopic (exact) mass is 153 g/mol. The van der Waals surface area contributed by atoms with E-state index in [1.165, 1.54) is 4.67 Å². The Kier molecular flexibility index (Phi) is 2.03. The van der Waals surface area contributed by atoms with Crippen molar-refractivity contribution in [1.82, 2.24) is 4.67 Å². The molecule has 1 heterocycles. The number of hydrogen-bond acceptors (Lipinski definition) is 4. The number of rotatable bonds is 1. The molecule has 0 bridgehead atoms. The van der Waals surface area contributed by atoms with Gasteiger partial charge in [-0.3, -0.25) is 0 Å². The van der Waals surface area contributed by atoms with Gasteiger partial charge < -0.3 is 0 Å². The van der Waals surface area contributed by atoms with Gasteiger partial charge >= 0.3 is 53.4 Å². The first-order chi connectivity index (χ1) is 4.11. The second kappa shape index (κ2) is 2.48. The van der Waals surface area contributed by atoms with Gasteiger partial charge in [-0.25, -0.2) is 0 Å². The van der Waals surface area contributed by atoms with E-state index in [1.54, 1.807) is 0 Å². The molecule has 1 rings (SSSR count). The predicted molar refractivity (Wildman–Crippen MR) is 35.8 cm³/mol. The zero-order valence-corrected chi connectivity index (χ0v) is 6.12. The van der Waals surface area contributed by atoms with Crippen molar-refractivity contribution in [2.45, 2.75) is 12.8 Å². The SMILES string of the molecule is O[PH](O)(O)N1CCCC1. The Balaban J connectivity index is 2.42. The van der Waals surface area contributed by atoms with Crippen LogP contribution in [0, 0.1) is 0 Å². The quantitative estimate of drug-likeness (QED) is 0.443. The van der Waals surface area contributed by atoms with E-state index in [-0.39, 0.29) is 0 Å². The van der Waals surface area contributed by atoms with Gasteiger partial charge in [0.2, 0.25) is 0 Å². The molecule has 5 heteroatoms. The van der Waals surface area contributed by atoms with Crippen molar-refractivity contribution in [3.8, 4) is 0 Å². The molecule has 0 aromatic rings. The molecule has 0 aliphatic carbocycles. The van der Waals surface area contributed by atoms with Crippen molar-refractivity contribution < 1.29 is 14.7 Å². The second-order valence-corrected chi connectivity index (χ2v) is 4.13. The summed E-state index contributed by atoms with van der Waals surface area (Å²) in [6.07, 6.45) is 1.91. The number of hydrogen-bond donors (Lipinski definition) is 3. The molecule has 1 fully saturated rings. The molecule has 0 saturated carbocycles. The van der Waals surface area contributed by atoms with Crippen LogP contribution in [-0.4, -0.2) is 32.4 Å². The normalized spacial score (nSPS) is 24.8. The van der Waals surface area contributed by atoms with Crippen molar-refractivity contribution >= 4 is 8.09 Å². The van der Waals surface area contributed by atoms with Crippen LogP contribution in [0.4, 0.5) is 0 Å². The third kappa shape index (κ3) is 1.85. The first-order valence-corrected chi connectivity index (χ1v) is 4.82. The van der Waals surface area contributed by atoms with Crippen molar-refractivity contribution in [2.75, 3.05) is 13.1 Å². The van der Waals surface area contributed by atoms with Crippen molar-refractivity contribution in [3.63, 3.8) is 0 Å². The average molecular weight is 153 g/mol. The van der Waals surface area contributed by atoms with E-state index in [9.17, 15) is 0 Å². The van der Waals surface area contributed by atoms with Gasteiger partial charge in [-0.2, -0.15) is 0 Å². The Hall–Kier alpha value is 0.270. The van der Waals surface area contributed by atoms with Gasteiger partial charge in [0.15, 0.2) is 0 Å². The molecule has 4 nitrogen and oxygen atoms in total. The fraction of sp³-hybridized carbons (Fsp3) is 1.00. The Morgan fingerprint density at radius 2 is 1.44 bits per heavy atom. The molecular weight excluding hydrogens is 141 g/mol. The summed E-state index contributed by atoms with van der Waals surface area (Å²) in [7, 11) is -3.89. The van der Waals surface area contributed by atoms with Crippen molar-refractivity contribution in [1.29, 1.82) is 0 Å². The van der Waals surface area contributed by atoms with E-state index in [2.05, 4.69) is 0 Å². The van der Waals surface area contributed by atoms with Crippen LogP contribution in [0.2, 0.25) is 0 Å². The zero-order valence-electron chi connectivity index (χ0n) is 5.12. The van der Waals surface area contributed by atoms with E-state index < -0.39 is 8.09 Å². The Morgan fingerprint density at radius 3 is 1.67 bits per heavy atom. The Bertz CT molecular complexity index is 96.5. The predicted octanol–water partition coefficient (Wildman–Crippen LogP) is -0.531. The van der Waals surface area contributed by atoms with E-state index >= 15 is 0 Å². The molecule has 56 valence electrons. The molecule has 1 aliphatic heterocycles. The molecule has 1 saturated heterocycles. The van der Waals surface area contributed by atoms with Gasteiger partial charge in [0, 0.05) is 0 Å². The fourth-order valence-electron chi connectivity index (χ4n) is 1.02. The molecule has 0 spiro atoms. The fourth-order valence-corrected chi connectivity index (χ4v) is 1.93. The van der Waals surface area contributed by atoms with Gasteiger partial charge in [-0.15, -0.1) is 0 Å². The van der Waals surface area contributed by atoms with Gasteiger partial charge in [0.1, 0.15) is 0 Å². The number of nitrogens with zero attached hydrogens (tertiary/aromatic N) is 1. The summed E-state index contributed by atoms with van der Waals surface area (Å²) in [6.45, 7) is 1.24. The van der Waals surface area contributed by atoms with Gasteiger partial charge in [-0.05, 0) is 0 Å². The topological polar surface area (TPSA) is 63.9 Å². The van der Waals surface area contributed by atoms with Crippen LogP contribution in [0.15, 0.2) is 0 Å². The van der Waals surface area contributed by atoms with Gasteiger partial charge in [0.25, 0.3) is 0 Å². The summed E-state index contributed by atoms with van der Waals surface area (Å²) in [4.78, 5) is 26.1. The molecule has 0 aromatic carbocycles. The van der Waals surface area contributed by atoms with Crippen LogP contribution < -0.4 is 0 Å². The van der Waals surface area contributed by atoms with Gasteiger partial charge in [-0.1, -0.05) is 0 Å². The van der Waals surface area contributed by atoms with E-state index in [4.69, 9.17) is 14.7 Å². The third-order valence-corrected chi connectivity index (χ3v) is 2.83. The van der Waals surface area contributed by atoms with E-state index in [0.717, 1.165) is 12.8 Å². The molecule has 3 N–H and O–H groups in total. The van der Waals surface area contributed by atoms with Crippen molar-refractivity contribution in [2.24, 2.45) is 0 Å². The second-order valence-electron chi connectivity index (χ2n) is 2.29. The van der Waals surface area contributed by atoms with Gasteiger partial charge in [0.05, 0.1) is 0 Å². The Labute approximate surface area is 54.4 Å². The van der Waals surface area contributed by atoms with Crippen LogP contribution in [-0.2, 0) is 0 Å². The molecular formula is C4H12NO3P. The maximum atomic E-state index is 8.69. The maximum absolute atomic E-state index is 8.69. The summed E-state index contributed by atoms with van der Waals surface area (Å²) < 4.78 is 1.35. The molecule has 0 atom stereocenters. The summed E-state index contributed by atoms with van der Waals surface area (Å²) >= 11 is 0. The van der Waals surface area contributed by atoms with Crippen LogP contribution in [0.5, 0.6) is 0 Å². The van der Waals surface area contributed by atoms with E-state index in [1.807, 2.05) is 0 Å².